The number of nitrogens with zero attached hydrogens (tertiary/aromatic N) is 6. The van der Waals surface area contributed by atoms with Crippen LogP contribution in [-0.4, -0.2) is 64.4 Å². The summed E-state index contributed by atoms with van der Waals surface area (Å²) < 4.78 is 5.34. The van der Waals surface area contributed by atoms with Gasteiger partial charge in [-0.3, -0.25) is 9.69 Å². The Kier molecular flexibility index (Phi) is 4.79. The van der Waals surface area contributed by atoms with E-state index in [-0.39, 0.29) is 5.91 Å². The summed E-state index contributed by atoms with van der Waals surface area (Å²) >= 11 is 0. The van der Waals surface area contributed by atoms with Gasteiger partial charge in [-0.1, -0.05) is 5.16 Å². The molecular weight excluding hydrogens is 334 g/mol. The van der Waals surface area contributed by atoms with E-state index >= 15 is 0 Å². The maximum atomic E-state index is 11.6. The molecule has 2 aromatic rings. The Morgan fingerprint density at radius 1 is 1.23 bits per heavy atom. The fraction of sp³-hybridized carbons (Fsp3) is 0.588. The van der Waals surface area contributed by atoms with E-state index in [4.69, 9.17) is 4.52 Å². The van der Waals surface area contributed by atoms with Crippen molar-refractivity contribution in [3.05, 3.63) is 29.5 Å². The van der Waals surface area contributed by atoms with Gasteiger partial charge in [-0.15, -0.1) is 10.2 Å². The Morgan fingerprint density at radius 2 is 2.12 bits per heavy atom. The first-order chi connectivity index (χ1) is 12.7. The highest BCUT2D eigenvalue weighted by molar-refractivity contribution is 5.91. The highest BCUT2D eigenvalue weighted by Gasteiger charge is 2.30. The number of carbonyl (C=O) groups is 1. The first-order valence-corrected chi connectivity index (χ1v) is 9.08. The Hall–Kier alpha value is -2.55. The average Bonchev–Trinajstić information content (AvgIpc) is 3.46. The molecule has 26 heavy (non-hydrogen) atoms. The van der Waals surface area contributed by atoms with Crippen molar-refractivity contribution >= 4 is 11.7 Å². The maximum Gasteiger partial charge on any atom is 0.271 e. The summed E-state index contributed by atoms with van der Waals surface area (Å²) in [5.74, 6) is 2.64. The Bertz CT molecular complexity index is 757. The third-order valence-corrected chi connectivity index (χ3v) is 4.80. The van der Waals surface area contributed by atoms with Crippen LogP contribution in [-0.2, 0) is 6.54 Å². The normalized spacial score (nSPS) is 18.6. The van der Waals surface area contributed by atoms with E-state index in [1.165, 1.54) is 12.8 Å². The predicted octanol–water partition coefficient (Wildman–Crippen LogP) is 0.809. The van der Waals surface area contributed by atoms with Gasteiger partial charge in [0.25, 0.3) is 5.91 Å². The van der Waals surface area contributed by atoms with Crippen molar-refractivity contribution in [3.63, 3.8) is 0 Å². The fourth-order valence-electron chi connectivity index (χ4n) is 3.13. The molecule has 1 aliphatic heterocycles. The van der Waals surface area contributed by atoms with E-state index in [0.29, 0.717) is 18.2 Å². The number of amides is 1. The SMILES string of the molecule is CNC(=O)c1ccc(N2CCCN(Cc3noc(C4CC4)n3)CC2)nn1. The van der Waals surface area contributed by atoms with Crippen molar-refractivity contribution in [3.8, 4) is 0 Å². The largest absolute Gasteiger partial charge is 0.354 e. The zero-order chi connectivity index (χ0) is 17.9. The molecule has 3 heterocycles. The first kappa shape index (κ1) is 16.9. The number of hydrogen-bond donors (Lipinski definition) is 1. The quantitative estimate of drug-likeness (QED) is 0.839. The summed E-state index contributed by atoms with van der Waals surface area (Å²) in [5, 5.41) is 14.9. The molecule has 9 heteroatoms. The topological polar surface area (TPSA) is 100 Å². The lowest BCUT2D eigenvalue weighted by molar-refractivity contribution is 0.0957. The Morgan fingerprint density at radius 3 is 2.85 bits per heavy atom. The smallest absolute Gasteiger partial charge is 0.271 e. The highest BCUT2D eigenvalue weighted by Crippen LogP contribution is 2.38. The van der Waals surface area contributed by atoms with Crippen LogP contribution in [0.4, 0.5) is 5.82 Å². The summed E-state index contributed by atoms with van der Waals surface area (Å²) in [7, 11) is 1.58. The molecule has 0 bridgehead atoms. The second-order valence-corrected chi connectivity index (χ2v) is 6.80. The minimum absolute atomic E-state index is 0.225. The second kappa shape index (κ2) is 7.36. The van der Waals surface area contributed by atoms with Gasteiger partial charge in [0, 0.05) is 39.1 Å². The summed E-state index contributed by atoms with van der Waals surface area (Å²) in [6.07, 6.45) is 3.35. The standard InChI is InChI=1S/C17H23N7O2/c1-18-16(25)13-5-6-15(21-20-13)24-8-2-7-23(9-10-24)11-14-19-17(26-22-14)12-3-4-12/h5-6,12H,2-4,7-11H2,1H3,(H,18,25). The molecule has 0 atom stereocenters. The molecule has 1 aliphatic carbocycles. The Labute approximate surface area is 151 Å². The van der Waals surface area contributed by atoms with Gasteiger partial charge in [0.15, 0.2) is 17.3 Å². The summed E-state index contributed by atoms with van der Waals surface area (Å²) in [6, 6.07) is 3.57. The molecular formula is C17H23N7O2. The van der Waals surface area contributed by atoms with Crippen molar-refractivity contribution in [1.82, 2.24) is 30.6 Å². The van der Waals surface area contributed by atoms with E-state index in [9.17, 15) is 4.79 Å². The van der Waals surface area contributed by atoms with Crippen LogP contribution in [0.15, 0.2) is 16.7 Å². The van der Waals surface area contributed by atoms with Crippen LogP contribution < -0.4 is 10.2 Å². The van der Waals surface area contributed by atoms with Crippen molar-refractivity contribution in [2.75, 3.05) is 38.1 Å². The van der Waals surface area contributed by atoms with E-state index in [0.717, 1.165) is 50.1 Å². The highest BCUT2D eigenvalue weighted by atomic mass is 16.5. The van der Waals surface area contributed by atoms with Gasteiger partial charge in [-0.2, -0.15) is 4.98 Å². The molecule has 0 unspecified atom stereocenters. The molecule has 4 rings (SSSR count). The summed E-state index contributed by atoms with van der Waals surface area (Å²) in [4.78, 5) is 20.6. The van der Waals surface area contributed by atoms with Gasteiger partial charge in [-0.05, 0) is 31.4 Å². The van der Waals surface area contributed by atoms with Gasteiger partial charge >= 0.3 is 0 Å². The number of aromatic nitrogens is 4. The average molecular weight is 357 g/mol. The molecule has 138 valence electrons. The van der Waals surface area contributed by atoms with E-state index in [1.54, 1.807) is 13.1 Å². The third-order valence-electron chi connectivity index (χ3n) is 4.80. The van der Waals surface area contributed by atoms with Crippen LogP contribution in [0.5, 0.6) is 0 Å². The van der Waals surface area contributed by atoms with Crippen LogP contribution in [0.2, 0.25) is 0 Å². The van der Waals surface area contributed by atoms with E-state index in [2.05, 4.69) is 35.5 Å². The minimum Gasteiger partial charge on any atom is -0.354 e. The van der Waals surface area contributed by atoms with Crippen molar-refractivity contribution in [1.29, 1.82) is 0 Å². The third kappa shape index (κ3) is 3.82. The second-order valence-electron chi connectivity index (χ2n) is 6.80. The zero-order valence-corrected chi connectivity index (χ0v) is 14.9. The monoisotopic (exact) mass is 357 g/mol. The van der Waals surface area contributed by atoms with Crippen molar-refractivity contribution in [2.45, 2.75) is 31.7 Å². The Balaban J connectivity index is 1.34. The van der Waals surface area contributed by atoms with Crippen molar-refractivity contribution < 1.29 is 9.32 Å². The molecule has 0 spiro atoms. The summed E-state index contributed by atoms with van der Waals surface area (Å²) in [5.41, 5.74) is 0.330. The van der Waals surface area contributed by atoms with Crippen LogP contribution in [0, 0.1) is 0 Å². The van der Waals surface area contributed by atoms with Gasteiger partial charge in [0.1, 0.15) is 0 Å². The molecule has 2 aliphatic rings. The van der Waals surface area contributed by atoms with E-state index in [1.807, 2.05) is 6.07 Å². The molecule has 1 amide bonds. The summed E-state index contributed by atoms with van der Waals surface area (Å²) in [6.45, 7) is 4.34. The maximum absolute atomic E-state index is 11.6. The number of carbonyl (C=O) groups excluding carboxylic acids is 1. The number of nitrogens with one attached hydrogen (secondary N) is 1. The molecule has 1 N–H and O–H groups in total. The van der Waals surface area contributed by atoms with Gasteiger partial charge in [0.2, 0.25) is 5.89 Å². The number of anilines is 1. The lowest BCUT2D eigenvalue weighted by atomic mass is 10.3. The lowest BCUT2D eigenvalue weighted by Crippen LogP contribution is -2.31. The van der Waals surface area contributed by atoms with Crippen LogP contribution in [0.3, 0.4) is 0 Å². The molecule has 1 saturated heterocycles. The molecule has 0 radical (unpaired) electrons. The molecule has 9 nitrogen and oxygen atoms in total. The van der Waals surface area contributed by atoms with Gasteiger partial charge < -0.3 is 14.7 Å². The molecule has 2 fully saturated rings. The first-order valence-electron chi connectivity index (χ1n) is 9.08. The fourth-order valence-corrected chi connectivity index (χ4v) is 3.13. The van der Waals surface area contributed by atoms with Crippen LogP contribution >= 0.6 is 0 Å². The molecule has 2 aromatic heterocycles. The zero-order valence-electron chi connectivity index (χ0n) is 14.9. The van der Waals surface area contributed by atoms with Crippen LogP contribution in [0.25, 0.3) is 0 Å². The van der Waals surface area contributed by atoms with Gasteiger partial charge in [0.05, 0.1) is 6.54 Å². The predicted molar refractivity (Wildman–Crippen MR) is 93.8 cm³/mol. The number of hydrogen-bond acceptors (Lipinski definition) is 8. The van der Waals surface area contributed by atoms with E-state index < -0.39 is 0 Å². The number of rotatable bonds is 5. The van der Waals surface area contributed by atoms with Crippen molar-refractivity contribution in [2.24, 2.45) is 0 Å². The molecule has 1 saturated carbocycles. The lowest BCUT2D eigenvalue weighted by Gasteiger charge is -2.21. The van der Waals surface area contributed by atoms with Gasteiger partial charge in [-0.25, -0.2) is 0 Å². The minimum atomic E-state index is -0.225. The van der Waals surface area contributed by atoms with Crippen LogP contribution in [0.1, 0.15) is 47.4 Å². The molecule has 0 aromatic carbocycles.